The molecule has 1 N–H and O–H groups in total. The van der Waals surface area contributed by atoms with Crippen LogP contribution in [-0.4, -0.2) is 60.3 Å². The Hall–Kier alpha value is -3.42. The van der Waals surface area contributed by atoms with Crippen molar-refractivity contribution in [3.8, 4) is 5.75 Å². The summed E-state index contributed by atoms with van der Waals surface area (Å²) < 4.78 is 19.4. The zero-order valence-corrected chi connectivity index (χ0v) is 19.9. The minimum absolute atomic E-state index is 0.0364. The first-order chi connectivity index (χ1) is 17.0. The number of para-hydroxylation sites is 2. The third kappa shape index (κ3) is 6.38. The van der Waals surface area contributed by atoms with E-state index in [-0.39, 0.29) is 30.0 Å². The Morgan fingerprint density at radius 2 is 1.51 bits per heavy atom. The van der Waals surface area contributed by atoms with Crippen molar-refractivity contribution < 1.29 is 23.5 Å². The summed E-state index contributed by atoms with van der Waals surface area (Å²) in [5.41, 5.74) is 0.437. The van der Waals surface area contributed by atoms with Gasteiger partial charge in [-0.3, -0.25) is 14.4 Å². The maximum Gasteiger partial charge on any atom is 0.262 e. The van der Waals surface area contributed by atoms with E-state index in [0.717, 1.165) is 25.9 Å². The molecule has 0 bridgehead atoms. The summed E-state index contributed by atoms with van der Waals surface area (Å²) in [7, 11) is 0. The molecule has 0 aliphatic carbocycles. The highest BCUT2D eigenvalue weighted by Crippen LogP contribution is 2.26. The van der Waals surface area contributed by atoms with Crippen molar-refractivity contribution in [3.63, 3.8) is 0 Å². The van der Waals surface area contributed by atoms with Crippen LogP contribution in [0.5, 0.6) is 5.75 Å². The molecule has 8 heteroatoms. The molecule has 2 aromatic carbocycles. The van der Waals surface area contributed by atoms with E-state index in [0.29, 0.717) is 37.2 Å². The fourth-order valence-electron chi connectivity index (χ4n) is 4.71. The molecule has 2 aliphatic heterocycles. The summed E-state index contributed by atoms with van der Waals surface area (Å²) >= 11 is 0. The van der Waals surface area contributed by atoms with Crippen LogP contribution in [0.2, 0.25) is 0 Å². The molecule has 4 rings (SSSR count). The van der Waals surface area contributed by atoms with Crippen LogP contribution < -0.4 is 10.1 Å². The van der Waals surface area contributed by atoms with Crippen LogP contribution in [0.4, 0.5) is 10.1 Å². The lowest BCUT2D eigenvalue weighted by Gasteiger charge is -2.34. The molecule has 2 heterocycles. The van der Waals surface area contributed by atoms with E-state index in [2.05, 4.69) is 5.32 Å². The van der Waals surface area contributed by atoms with E-state index < -0.39 is 11.7 Å². The van der Waals surface area contributed by atoms with Gasteiger partial charge >= 0.3 is 0 Å². The molecule has 2 aromatic rings. The highest BCUT2D eigenvalue weighted by Gasteiger charge is 2.31. The number of amides is 3. The number of hydrogen-bond acceptors (Lipinski definition) is 4. The van der Waals surface area contributed by atoms with E-state index in [1.54, 1.807) is 35.2 Å². The summed E-state index contributed by atoms with van der Waals surface area (Å²) in [5, 5.41) is 2.47. The highest BCUT2D eigenvalue weighted by atomic mass is 19.1. The van der Waals surface area contributed by atoms with Crippen molar-refractivity contribution in [2.45, 2.75) is 38.5 Å². The normalized spacial score (nSPS) is 16.9. The second-order valence-electron chi connectivity index (χ2n) is 9.12. The number of piperidine rings is 1. The Morgan fingerprint density at radius 3 is 2.23 bits per heavy atom. The highest BCUT2D eigenvalue weighted by molar-refractivity contribution is 5.97. The molecular weight excluding hydrogens is 449 g/mol. The quantitative estimate of drug-likeness (QED) is 0.674. The lowest BCUT2D eigenvalue weighted by molar-refractivity contribution is -0.136. The molecule has 0 spiro atoms. The number of rotatable bonds is 6. The van der Waals surface area contributed by atoms with Gasteiger partial charge in [-0.15, -0.1) is 0 Å². The number of hydrogen-bond donors (Lipinski definition) is 1. The van der Waals surface area contributed by atoms with Gasteiger partial charge in [0.15, 0.2) is 6.61 Å². The second kappa shape index (κ2) is 11.8. The number of carbonyl (C=O) groups is 3. The number of carbonyl (C=O) groups excluding carboxylic acids is 3. The van der Waals surface area contributed by atoms with E-state index in [1.165, 1.54) is 31.0 Å². The molecule has 3 amide bonds. The second-order valence-corrected chi connectivity index (χ2v) is 9.12. The molecule has 0 saturated carbocycles. The van der Waals surface area contributed by atoms with E-state index in [1.807, 2.05) is 4.90 Å². The van der Waals surface area contributed by atoms with Crippen molar-refractivity contribution >= 4 is 23.4 Å². The average molecular weight is 482 g/mol. The van der Waals surface area contributed by atoms with Gasteiger partial charge in [-0.1, -0.05) is 37.1 Å². The van der Waals surface area contributed by atoms with Gasteiger partial charge < -0.3 is 19.9 Å². The number of anilines is 1. The Labute approximate surface area is 205 Å². The predicted molar refractivity (Wildman–Crippen MR) is 131 cm³/mol. The summed E-state index contributed by atoms with van der Waals surface area (Å²) in [4.78, 5) is 42.2. The number of likely N-dealkylation sites (tertiary alicyclic amines) is 2. The maximum atomic E-state index is 13.8. The van der Waals surface area contributed by atoms with Gasteiger partial charge in [-0.2, -0.15) is 0 Å². The average Bonchev–Trinajstić information content (AvgIpc) is 3.18. The molecule has 0 unspecified atom stereocenters. The Balaban J connectivity index is 1.32. The smallest absolute Gasteiger partial charge is 0.262 e. The first kappa shape index (κ1) is 24.7. The van der Waals surface area contributed by atoms with Crippen molar-refractivity contribution in [1.29, 1.82) is 0 Å². The summed E-state index contributed by atoms with van der Waals surface area (Å²) in [6.45, 7) is 2.34. The number of benzene rings is 2. The molecule has 2 saturated heterocycles. The van der Waals surface area contributed by atoms with Crippen molar-refractivity contribution in [1.82, 2.24) is 9.80 Å². The largest absolute Gasteiger partial charge is 0.483 e. The number of nitrogens with zero attached hydrogens (tertiary/aromatic N) is 2. The maximum absolute atomic E-state index is 13.8. The lowest BCUT2D eigenvalue weighted by atomic mass is 9.94. The van der Waals surface area contributed by atoms with Gasteiger partial charge in [0.05, 0.1) is 11.3 Å². The van der Waals surface area contributed by atoms with Gasteiger partial charge in [0, 0.05) is 32.1 Å². The van der Waals surface area contributed by atoms with Crippen molar-refractivity contribution in [2.24, 2.45) is 5.92 Å². The van der Waals surface area contributed by atoms with E-state index in [4.69, 9.17) is 4.74 Å². The van der Waals surface area contributed by atoms with Crippen LogP contribution in [0.3, 0.4) is 0 Å². The topological polar surface area (TPSA) is 79.0 Å². The van der Waals surface area contributed by atoms with Crippen molar-refractivity contribution in [3.05, 3.63) is 59.9 Å². The molecule has 0 atom stereocenters. The van der Waals surface area contributed by atoms with E-state index in [9.17, 15) is 18.8 Å². The number of halogens is 1. The van der Waals surface area contributed by atoms with Gasteiger partial charge in [0.1, 0.15) is 11.6 Å². The Morgan fingerprint density at radius 1 is 0.857 bits per heavy atom. The number of ether oxygens (including phenoxy) is 1. The molecule has 2 aliphatic rings. The minimum Gasteiger partial charge on any atom is -0.483 e. The molecule has 35 heavy (non-hydrogen) atoms. The van der Waals surface area contributed by atoms with Crippen LogP contribution in [-0.2, 0) is 9.59 Å². The fraction of sp³-hybridized carbons (Fsp3) is 0.444. The molecule has 0 radical (unpaired) electrons. The summed E-state index contributed by atoms with van der Waals surface area (Å²) in [6.07, 6.45) is 5.80. The predicted octanol–water partition coefficient (Wildman–Crippen LogP) is 4.10. The molecule has 186 valence electrons. The monoisotopic (exact) mass is 481 g/mol. The minimum atomic E-state index is -0.533. The van der Waals surface area contributed by atoms with Crippen molar-refractivity contribution in [2.75, 3.05) is 38.1 Å². The number of nitrogens with one attached hydrogen (secondary N) is 1. The first-order valence-corrected chi connectivity index (χ1v) is 12.4. The van der Waals surface area contributed by atoms with Crippen LogP contribution in [0, 0.1) is 11.7 Å². The van der Waals surface area contributed by atoms with Crippen LogP contribution in [0.15, 0.2) is 48.5 Å². The van der Waals surface area contributed by atoms with Gasteiger partial charge in [-0.25, -0.2) is 4.39 Å². The van der Waals surface area contributed by atoms with Gasteiger partial charge in [0.2, 0.25) is 5.91 Å². The van der Waals surface area contributed by atoms with E-state index >= 15 is 0 Å². The molecular formula is C27H32FN3O4. The van der Waals surface area contributed by atoms with Gasteiger partial charge in [0.25, 0.3) is 11.8 Å². The Bertz CT molecular complexity index is 1040. The molecule has 0 aromatic heterocycles. The summed E-state index contributed by atoms with van der Waals surface area (Å²) in [5.74, 6) is -0.756. The zero-order chi connectivity index (χ0) is 24.6. The lowest BCUT2D eigenvalue weighted by Crippen LogP contribution is -2.44. The third-order valence-corrected chi connectivity index (χ3v) is 6.67. The van der Waals surface area contributed by atoms with Crippen LogP contribution in [0.25, 0.3) is 0 Å². The van der Waals surface area contributed by atoms with Crippen LogP contribution >= 0.6 is 0 Å². The standard InChI is InChI=1S/C27H32FN3O4/c28-22-10-4-5-11-23(22)29-25(32)19-35-24-12-6-3-9-21(24)27(34)31-17-13-20(14-18-31)26(33)30-15-7-1-2-8-16-30/h3-6,9-12,20H,1-2,7-8,13-19H2,(H,29,32). The molecule has 2 fully saturated rings. The zero-order valence-electron chi connectivity index (χ0n) is 19.9. The summed E-state index contributed by atoms with van der Waals surface area (Å²) in [6, 6.07) is 12.7. The first-order valence-electron chi connectivity index (χ1n) is 12.4. The Kier molecular flexibility index (Phi) is 8.34. The SMILES string of the molecule is O=C(COc1ccccc1C(=O)N1CCC(C(=O)N2CCCCCC2)CC1)Nc1ccccc1F. The van der Waals surface area contributed by atoms with Crippen LogP contribution in [0.1, 0.15) is 48.9 Å². The molecule has 7 nitrogen and oxygen atoms in total. The fourth-order valence-corrected chi connectivity index (χ4v) is 4.71. The third-order valence-electron chi connectivity index (χ3n) is 6.67. The van der Waals surface area contributed by atoms with Gasteiger partial charge in [-0.05, 0) is 49.9 Å².